The number of nitrogens with two attached hydrogens (primary N) is 1. The molecule has 2 aromatic carbocycles. The van der Waals surface area contributed by atoms with E-state index in [-0.39, 0.29) is 17.3 Å². The van der Waals surface area contributed by atoms with Crippen molar-refractivity contribution in [3.63, 3.8) is 0 Å². The van der Waals surface area contributed by atoms with Crippen LogP contribution in [0, 0.1) is 0 Å². The van der Waals surface area contributed by atoms with Crippen molar-refractivity contribution in [2.24, 2.45) is 12.8 Å². The first-order chi connectivity index (χ1) is 12.0. The van der Waals surface area contributed by atoms with Crippen LogP contribution in [0.3, 0.4) is 0 Å². The number of para-hydroxylation sites is 1. The molecule has 0 spiro atoms. The van der Waals surface area contributed by atoms with Crippen LogP contribution in [0.15, 0.2) is 65.7 Å². The number of aromatic nitrogens is 2. The molecule has 7 nitrogen and oxygen atoms in total. The molecule has 0 atom stereocenters. The van der Waals surface area contributed by atoms with Crippen molar-refractivity contribution in [2.45, 2.75) is 11.4 Å². The number of ether oxygens (including phenoxy) is 1. The van der Waals surface area contributed by atoms with Gasteiger partial charge in [-0.2, -0.15) is 5.10 Å². The van der Waals surface area contributed by atoms with Crippen LogP contribution in [-0.4, -0.2) is 18.2 Å². The molecule has 0 aliphatic carbocycles. The van der Waals surface area contributed by atoms with Gasteiger partial charge in [0.1, 0.15) is 11.5 Å². The molecule has 130 valence electrons. The van der Waals surface area contributed by atoms with Gasteiger partial charge in [-0.25, -0.2) is 8.42 Å². The number of benzene rings is 2. The van der Waals surface area contributed by atoms with E-state index in [9.17, 15) is 8.42 Å². The molecule has 0 bridgehead atoms. The first-order valence-corrected chi connectivity index (χ1v) is 9.04. The molecule has 3 N–H and O–H groups in total. The second-order valence-corrected chi connectivity index (χ2v) is 7.06. The van der Waals surface area contributed by atoms with Crippen LogP contribution in [0.5, 0.6) is 11.5 Å². The Hall–Kier alpha value is -2.84. The number of anilines is 1. The lowest BCUT2D eigenvalue weighted by Crippen LogP contribution is -2.15. The summed E-state index contributed by atoms with van der Waals surface area (Å²) < 4.78 is 34.6. The summed E-state index contributed by atoms with van der Waals surface area (Å²) in [4.78, 5) is 0.113. The van der Waals surface area contributed by atoms with E-state index in [2.05, 4.69) is 9.82 Å². The first-order valence-electron chi connectivity index (χ1n) is 7.56. The van der Waals surface area contributed by atoms with E-state index in [1.807, 2.05) is 30.3 Å². The molecule has 3 rings (SSSR count). The maximum absolute atomic E-state index is 12.5. The van der Waals surface area contributed by atoms with Gasteiger partial charge in [0, 0.05) is 25.4 Å². The van der Waals surface area contributed by atoms with Gasteiger partial charge < -0.3 is 10.5 Å². The van der Waals surface area contributed by atoms with Gasteiger partial charge in [0.25, 0.3) is 10.0 Å². The highest BCUT2D eigenvalue weighted by Gasteiger charge is 2.18. The molecule has 0 fully saturated rings. The summed E-state index contributed by atoms with van der Waals surface area (Å²) in [5, 5.41) is 4.09. The predicted molar refractivity (Wildman–Crippen MR) is 94.9 cm³/mol. The molecule has 1 heterocycles. The van der Waals surface area contributed by atoms with Crippen molar-refractivity contribution in [3.8, 4) is 11.5 Å². The Kier molecular flexibility index (Phi) is 4.73. The number of nitrogens with one attached hydrogen (secondary N) is 1. The van der Waals surface area contributed by atoms with E-state index in [0.29, 0.717) is 17.1 Å². The van der Waals surface area contributed by atoms with E-state index >= 15 is 0 Å². The third-order valence-corrected chi connectivity index (χ3v) is 4.82. The smallest absolute Gasteiger partial charge is 0.263 e. The highest BCUT2D eigenvalue weighted by Crippen LogP contribution is 2.24. The van der Waals surface area contributed by atoms with Crippen molar-refractivity contribution in [2.75, 3.05) is 4.72 Å². The Morgan fingerprint density at radius 3 is 2.36 bits per heavy atom. The summed E-state index contributed by atoms with van der Waals surface area (Å²) in [7, 11) is -2.06. The third kappa shape index (κ3) is 3.98. The fraction of sp³-hybridized carbons (Fsp3) is 0.118. The molecule has 0 amide bonds. The van der Waals surface area contributed by atoms with E-state index in [4.69, 9.17) is 10.5 Å². The van der Waals surface area contributed by atoms with Gasteiger partial charge in [0.15, 0.2) is 5.82 Å². The van der Waals surface area contributed by atoms with Gasteiger partial charge >= 0.3 is 0 Å². The summed E-state index contributed by atoms with van der Waals surface area (Å²) in [6, 6.07) is 15.4. The van der Waals surface area contributed by atoms with E-state index in [1.165, 1.54) is 16.8 Å². The van der Waals surface area contributed by atoms with Crippen molar-refractivity contribution >= 4 is 15.8 Å². The largest absolute Gasteiger partial charge is 0.457 e. The van der Waals surface area contributed by atoms with Crippen molar-refractivity contribution in [3.05, 3.63) is 66.4 Å². The summed E-state index contributed by atoms with van der Waals surface area (Å²) in [6.45, 7) is 0.190. The summed E-state index contributed by atoms with van der Waals surface area (Å²) >= 11 is 0. The fourth-order valence-electron chi connectivity index (χ4n) is 2.27. The lowest BCUT2D eigenvalue weighted by Gasteiger charge is -2.09. The minimum atomic E-state index is -3.76. The molecule has 0 saturated heterocycles. The predicted octanol–water partition coefficient (Wildman–Crippen LogP) is 2.47. The normalized spacial score (nSPS) is 11.3. The molecule has 0 unspecified atom stereocenters. The molecular weight excluding hydrogens is 340 g/mol. The molecule has 3 aromatic rings. The van der Waals surface area contributed by atoms with Gasteiger partial charge in [0.05, 0.1) is 4.90 Å². The van der Waals surface area contributed by atoms with E-state index in [1.54, 1.807) is 25.4 Å². The second kappa shape index (κ2) is 6.96. The minimum absolute atomic E-state index is 0.113. The third-order valence-electron chi connectivity index (χ3n) is 3.47. The van der Waals surface area contributed by atoms with E-state index in [0.717, 1.165) is 0 Å². The van der Waals surface area contributed by atoms with Crippen LogP contribution in [0.25, 0.3) is 0 Å². The lowest BCUT2D eigenvalue weighted by molar-refractivity contribution is 0.482. The minimum Gasteiger partial charge on any atom is -0.457 e. The zero-order chi connectivity index (χ0) is 17.9. The molecule has 0 radical (unpaired) electrons. The number of nitrogens with zero attached hydrogens (tertiary/aromatic N) is 2. The standard InChI is InChI=1S/C17H18N4O3S/c1-21-12-13(11-18)17(19-21)20-25(22,23)16-9-7-15(8-10-16)24-14-5-3-2-4-6-14/h2-10,12H,11,18H2,1H3,(H,19,20). The topological polar surface area (TPSA) is 99.2 Å². The monoisotopic (exact) mass is 358 g/mol. The number of aryl methyl sites for hydroxylation is 1. The Morgan fingerprint density at radius 2 is 1.72 bits per heavy atom. The number of hydrogen-bond donors (Lipinski definition) is 2. The van der Waals surface area contributed by atoms with Gasteiger partial charge in [-0.05, 0) is 36.4 Å². The van der Waals surface area contributed by atoms with Gasteiger partial charge in [-0.3, -0.25) is 9.40 Å². The second-order valence-electron chi connectivity index (χ2n) is 5.37. The Balaban J connectivity index is 1.78. The summed E-state index contributed by atoms with van der Waals surface area (Å²) in [5.41, 5.74) is 6.23. The van der Waals surface area contributed by atoms with Crippen LogP contribution in [0.4, 0.5) is 5.82 Å². The fourth-order valence-corrected chi connectivity index (χ4v) is 3.31. The molecule has 0 aliphatic heterocycles. The molecular formula is C17H18N4O3S. The molecule has 0 saturated carbocycles. The SMILES string of the molecule is Cn1cc(CN)c(NS(=O)(=O)c2ccc(Oc3ccccc3)cc2)n1. The zero-order valence-corrected chi connectivity index (χ0v) is 14.4. The Bertz CT molecular complexity index is 951. The molecule has 8 heteroatoms. The first kappa shape index (κ1) is 17.0. The summed E-state index contributed by atoms with van der Waals surface area (Å²) in [5.74, 6) is 1.46. The van der Waals surface area contributed by atoms with Crippen LogP contribution < -0.4 is 15.2 Å². The average Bonchev–Trinajstić information content (AvgIpc) is 2.95. The lowest BCUT2D eigenvalue weighted by atomic mass is 10.3. The zero-order valence-electron chi connectivity index (χ0n) is 13.6. The van der Waals surface area contributed by atoms with Crippen molar-refractivity contribution in [1.82, 2.24) is 9.78 Å². The van der Waals surface area contributed by atoms with E-state index < -0.39 is 10.0 Å². The van der Waals surface area contributed by atoms with Crippen LogP contribution in [-0.2, 0) is 23.6 Å². The number of sulfonamides is 1. The van der Waals surface area contributed by atoms with Crippen LogP contribution >= 0.6 is 0 Å². The van der Waals surface area contributed by atoms with Crippen LogP contribution in [0.2, 0.25) is 0 Å². The highest BCUT2D eigenvalue weighted by atomic mass is 32.2. The average molecular weight is 358 g/mol. The number of hydrogen-bond acceptors (Lipinski definition) is 5. The quantitative estimate of drug-likeness (QED) is 0.705. The number of rotatable bonds is 6. The van der Waals surface area contributed by atoms with Gasteiger partial charge in [-0.1, -0.05) is 18.2 Å². The van der Waals surface area contributed by atoms with Crippen molar-refractivity contribution < 1.29 is 13.2 Å². The van der Waals surface area contributed by atoms with Gasteiger partial charge in [-0.15, -0.1) is 0 Å². The van der Waals surface area contributed by atoms with Crippen molar-refractivity contribution in [1.29, 1.82) is 0 Å². The van der Waals surface area contributed by atoms with Gasteiger partial charge in [0.2, 0.25) is 0 Å². The Labute approximate surface area is 146 Å². The Morgan fingerprint density at radius 1 is 1.08 bits per heavy atom. The molecule has 25 heavy (non-hydrogen) atoms. The maximum Gasteiger partial charge on any atom is 0.263 e. The molecule has 1 aromatic heterocycles. The highest BCUT2D eigenvalue weighted by molar-refractivity contribution is 7.92. The van der Waals surface area contributed by atoms with Crippen LogP contribution in [0.1, 0.15) is 5.56 Å². The molecule has 0 aliphatic rings. The summed E-state index contributed by atoms with van der Waals surface area (Å²) in [6.07, 6.45) is 1.68. The maximum atomic E-state index is 12.5.